The summed E-state index contributed by atoms with van der Waals surface area (Å²) >= 11 is 3.16. The Balaban J connectivity index is 2.04. The average molecular weight is 324 g/mol. The Kier molecular flexibility index (Phi) is 4.16. The number of nitrogens with two attached hydrogens (primary N) is 1. The predicted octanol–water partition coefficient (Wildman–Crippen LogP) is 3.53. The molecule has 0 saturated heterocycles. The van der Waals surface area contributed by atoms with Gasteiger partial charge in [0, 0.05) is 15.7 Å². The van der Waals surface area contributed by atoms with Crippen LogP contribution < -0.4 is 5.73 Å². The summed E-state index contributed by atoms with van der Waals surface area (Å²) in [6.45, 7) is -0.118. The second kappa shape index (κ2) is 5.84. The minimum Gasteiger partial charge on any atom is -0.457 e. The predicted molar refractivity (Wildman–Crippen MR) is 74.1 cm³/mol. The number of hydrogen-bond donors (Lipinski definition) is 1. The maximum absolute atomic E-state index is 13.5. The van der Waals surface area contributed by atoms with Gasteiger partial charge in [-0.05, 0) is 30.3 Å². The number of carbonyl (C=O) groups excluding carboxylic acids is 1. The zero-order valence-electron chi connectivity index (χ0n) is 9.90. The molecule has 2 aromatic carbocycles. The van der Waals surface area contributed by atoms with Crippen LogP contribution in [-0.2, 0) is 11.3 Å². The number of benzene rings is 2. The lowest BCUT2D eigenvalue weighted by Gasteiger charge is -2.06. The van der Waals surface area contributed by atoms with Gasteiger partial charge in [-0.2, -0.15) is 0 Å². The van der Waals surface area contributed by atoms with Crippen LogP contribution in [0.3, 0.4) is 0 Å². The molecule has 0 heterocycles. The van der Waals surface area contributed by atoms with Crippen LogP contribution in [-0.4, -0.2) is 5.97 Å². The first-order chi connectivity index (χ1) is 9.06. The molecular formula is C14H11BrFNO2. The number of esters is 1. The van der Waals surface area contributed by atoms with Crippen molar-refractivity contribution in [2.75, 3.05) is 5.73 Å². The van der Waals surface area contributed by atoms with Gasteiger partial charge < -0.3 is 10.5 Å². The van der Waals surface area contributed by atoms with Crippen molar-refractivity contribution in [1.29, 1.82) is 0 Å². The number of ether oxygens (including phenoxy) is 1. The van der Waals surface area contributed by atoms with Gasteiger partial charge >= 0.3 is 5.97 Å². The molecule has 0 unspecified atom stereocenters. The standard InChI is InChI=1S/C14H11BrFNO2/c15-11-5-4-10(13(16)7-11)8-19-14(18)9-2-1-3-12(17)6-9/h1-7H,8,17H2. The van der Waals surface area contributed by atoms with Crippen molar-refractivity contribution >= 4 is 27.6 Å². The minimum absolute atomic E-state index is 0.118. The van der Waals surface area contributed by atoms with Crippen LogP contribution in [0.1, 0.15) is 15.9 Å². The second-order valence-electron chi connectivity index (χ2n) is 3.94. The summed E-state index contributed by atoms with van der Waals surface area (Å²) in [5.74, 6) is -0.954. The van der Waals surface area contributed by atoms with E-state index in [1.54, 1.807) is 30.3 Å². The van der Waals surface area contributed by atoms with Crippen molar-refractivity contribution in [1.82, 2.24) is 0 Å². The number of carbonyl (C=O) groups is 1. The molecule has 0 aliphatic heterocycles. The van der Waals surface area contributed by atoms with Gasteiger partial charge in [-0.25, -0.2) is 9.18 Å². The molecule has 98 valence electrons. The molecule has 0 aliphatic rings. The summed E-state index contributed by atoms with van der Waals surface area (Å²) in [6, 6.07) is 11.0. The number of rotatable bonds is 3. The smallest absolute Gasteiger partial charge is 0.338 e. The lowest BCUT2D eigenvalue weighted by atomic mass is 10.2. The maximum Gasteiger partial charge on any atom is 0.338 e. The van der Waals surface area contributed by atoms with E-state index in [9.17, 15) is 9.18 Å². The van der Waals surface area contributed by atoms with Crippen molar-refractivity contribution < 1.29 is 13.9 Å². The van der Waals surface area contributed by atoms with Crippen molar-refractivity contribution in [2.45, 2.75) is 6.61 Å². The Morgan fingerprint density at radius 2 is 2.05 bits per heavy atom. The molecule has 0 spiro atoms. The number of halogens is 2. The van der Waals surface area contributed by atoms with Gasteiger partial charge in [-0.15, -0.1) is 0 Å². The molecule has 0 aliphatic carbocycles. The summed E-state index contributed by atoms with van der Waals surface area (Å²) in [4.78, 5) is 11.7. The summed E-state index contributed by atoms with van der Waals surface area (Å²) in [6.07, 6.45) is 0. The Morgan fingerprint density at radius 3 is 2.74 bits per heavy atom. The highest BCUT2D eigenvalue weighted by atomic mass is 79.9. The molecule has 5 heteroatoms. The molecule has 0 bridgehead atoms. The van der Waals surface area contributed by atoms with Crippen LogP contribution in [0, 0.1) is 5.82 Å². The molecule has 3 nitrogen and oxygen atoms in total. The maximum atomic E-state index is 13.5. The third-order valence-electron chi connectivity index (χ3n) is 2.50. The normalized spacial score (nSPS) is 10.2. The Labute approximate surface area is 118 Å². The lowest BCUT2D eigenvalue weighted by Crippen LogP contribution is -2.06. The molecule has 2 aromatic rings. The van der Waals surface area contributed by atoms with Crippen LogP contribution in [0.4, 0.5) is 10.1 Å². The summed E-state index contributed by atoms with van der Waals surface area (Å²) in [5, 5.41) is 0. The van der Waals surface area contributed by atoms with Crippen molar-refractivity contribution in [3.8, 4) is 0 Å². The van der Waals surface area contributed by atoms with Gasteiger partial charge in [0.2, 0.25) is 0 Å². The van der Waals surface area contributed by atoms with Crippen LogP contribution in [0.15, 0.2) is 46.9 Å². The summed E-state index contributed by atoms with van der Waals surface area (Å²) in [5.41, 5.74) is 6.71. The molecule has 0 atom stereocenters. The fourth-order valence-corrected chi connectivity index (χ4v) is 1.86. The molecule has 0 radical (unpaired) electrons. The monoisotopic (exact) mass is 323 g/mol. The van der Waals surface area contributed by atoms with E-state index in [-0.39, 0.29) is 6.61 Å². The van der Waals surface area contributed by atoms with Crippen molar-refractivity contribution in [3.63, 3.8) is 0 Å². The molecule has 2 rings (SSSR count). The van der Waals surface area contributed by atoms with E-state index >= 15 is 0 Å². The first-order valence-corrected chi connectivity index (χ1v) is 6.32. The third-order valence-corrected chi connectivity index (χ3v) is 2.99. The van der Waals surface area contributed by atoms with E-state index in [0.717, 1.165) is 0 Å². The van der Waals surface area contributed by atoms with Gasteiger partial charge in [-0.3, -0.25) is 0 Å². The SMILES string of the molecule is Nc1cccc(C(=O)OCc2ccc(Br)cc2F)c1. The highest BCUT2D eigenvalue weighted by Crippen LogP contribution is 2.17. The van der Waals surface area contributed by atoms with Crippen molar-refractivity contribution in [3.05, 3.63) is 63.9 Å². The highest BCUT2D eigenvalue weighted by molar-refractivity contribution is 9.10. The Morgan fingerprint density at radius 1 is 1.26 bits per heavy atom. The number of nitrogen functional groups attached to an aromatic ring is 1. The lowest BCUT2D eigenvalue weighted by molar-refractivity contribution is 0.0469. The molecule has 0 saturated carbocycles. The highest BCUT2D eigenvalue weighted by Gasteiger charge is 2.09. The molecule has 0 amide bonds. The minimum atomic E-state index is -0.533. The van der Waals surface area contributed by atoms with E-state index in [0.29, 0.717) is 21.3 Å². The van der Waals surface area contributed by atoms with E-state index in [1.807, 2.05) is 0 Å². The fraction of sp³-hybridized carbons (Fsp3) is 0.0714. The molecular weight excluding hydrogens is 313 g/mol. The average Bonchev–Trinajstić information content (AvgIpc) is 2.37. The zero-order valence-corrected chi connectivity index (χ0v) is 11.5. The van der Waals surface area contributed by atoms with Gasteiger partial charge in [0.05, 0.1) is 5.56 Å². The first kappa shape index (κ1) is 13.5. The second-order valence-corrected chi connectivity index (χ2v) is 4.85. The fourth-order valence-electron chi connectivity index (χ4n) is 1.53. The number of anilines is 1. The van der Waals surface area contributed by atoms with E-state index in [4.69, 9.17) is 10.5 Å². The van der Waals surface area contributed by atoms with E-state index in [1.165, 1.54) is 12.1 Å². The van der Waals surface area contributed by atoms with Crippen molar-refractivity contribution in [2.24, 2.45) is 0 Å². The molecule has 0 fully saturated rings. The molecule has 2 N–H and O–H groups in total. The largest absolute Gasteiger partial charge is 0.457 e. The van der Waals surface area contributed by atoms with E-state index in [2.05, 4.69) is 15.9 Å². The van der Waals surface area contributed by atoms with E-state index < -0.39 is 11.8 Å². The van der Waals surface area contributed by atoms with Gasteiger partial charge in [0.15, 0.2) is 0 Å². The van der Waals surface area contributed by atoms with Gasteiger partial charge in [0.1, 0.15) is 12.4 Å². The zero-order chi connectivity index (χ0) is 13.8. The Hall–Kier alpha value is -1.88. The number of hydrogen-bond acceptors (Lipinski definition) is 3. The molecule has 0 aromatic heterocycles. The van der Waals surface area contributed by atoms with Crippen LogP contribution in [0.2, 0.25) is 0 Å². The van der Waals surface area contributed by atoms with Crippen LogP contribution in [0.25, 0.3) is 0 Å². The summed E-state index contributed by atoms with van der Waals surface area (Å²) in [7, 11) is 0. The Bertz CT molecular complexity index is 616. The van der Waals surface area contributed by atoms with Crippen LogP contribution >= 0.6 is 15.9 Å². The van der Waals surface area contributed by atoms with Gasteiger partial charge in [-0.1, -0.05) is 28.1 Å². The van der Waals surface area contributed by atoms with Crippen LogP contribution in [0.5, 0.6) is 0 Å². The molecule has 19 heavy (non-hydrogen) atoms. The first-order valence-electron chi connectivity index (χ1n) is 5.53. The topological polar surface area (TPSA) is 52.3 Å². The quantitative estimate of drug-likeness (QED) is 0.694. The summed E-state index contributed by atoms with van der Waals surface area (Å²) < 4.78 is 19.2. The third kappa shape index (κ3) is 3.54. The van der Waals surface area contributed by atoms with Gasteiger partial charge in [0.25, 0.3) is 0 Å².